The van der Waals surface area contributed by atoms with E-state index >= 15 is 0 Å². The largest absolute Gasteiger partial charge is 0.335 e. The van der Waals surface area contributed by atoms with Gasteiger partial charge in [0.15, 0.2) is 0 Å². The molecular formula is C20H18ClN5O2. The van der Waals surface area contributed by atoms with Crippen molar-refractivity contribution in [3.8, 4) is 11.4 Å². The normalized spacial score (nSPS) is 11.1. The SMILES string of the molecule is CCn1ccc(-c2cc(C(=O)Nc3cccc(Cl)c3C)c3c(C)noc3n2)n1. The van der Waals surface area contributed by atoms with Gasteiger partial charge in [-0.1, -0.05) is 22.8 Å². The van der Waals surface area contributed by atoms with E-state index in [4.69, 9.17) is 16.1 Å². The molecule has 0 unspecified atom stereocenters. The monoisotopic (exact) mass is 395 g/mol. The molecule has 0 saturated heterocycles. The average Bonchev–Trinajstić information content (AvgIpc) is 3.32. The molecule has 28 heavy (non-hydrogen) atoms. The Hall–Kier alpha value is -3.19. The summed E-state index contributed by atoms with van der Waals surface area (Å²) in [6.07, 6.45) is 1.86. The number of hydrogen-bond acceptors (Lipinski definition) is 5. The topological polar surface area (TPSA) is 85.8 Å². The van der Waals surface area contributed by atoms with Crippen molar-refractivity contribution < 1.29 is 9.32 Å². The van der Waals surface area contributed by atoms with Crippen LogP contribution in [0.2, 0.25) is 5.02 Å². The van der Waals surface area contributed by atoms with Crippen LogP contribution < -0.4 is 5.32 Å². The maximum atomic E-state index is 13.1. The molecule has 0 spiro atoms. The Morgan fingerprint density at radius 3 is 2.82 bits per heavy atom. The van der Waals surface area contributed by atoms with E-state index in [0.717, 1.165) is 12.1 Å². The van der Waals surface area contributed by atoms with E-state index in [1.807, 2.05) is 32.2 Å². The molecule has 0 aliphatic carbocycles. The highest BCUT2D eigenvalue weighted by Crippen LogP contribution is 2.28. The Morgan fingerprint density at radius 1 is 1.25 bits per heavy atom. The summed E-state index contributed by atoms with van der Waals surface area (Å²) < 4.78 is 7.12. The van der Waals surface area contributed by atoms with E-state index in [2.05, 4.69) is 20.6 Å². The third kappa shape index (κ3) is 3.14. The molecule has 7 nitrogen and oxygen atoms in total. The quantitative estimate of drug-likeness (QED) is 0.544. The van der Waals surface area contributed by atoms with Crippen LogP contribution in [0, 0.1) is 13.8 Å². The molecule has 3 heterocycles. The maximum absolute atomic E-state index is 13.1. The minimum atomic E-state index is -0.291. The van der Waals surface area contributed by atoms with E-state index in [1.54, 1.807) is 29.8 Å². The summed E-state index contributed by atoms with van der Waals surface area (Å²) in [7, 11) is 0. The Labute approximate surface area is 166 Å². The van der Waals surface area contributed by atoms with Gasteiger partial charge in [-0.3, -0.25) is 9.48 Å². The lowest BCUT2D eigenvalue weighted by Crippen LogP contribution is -2.14. The summed E-state index contributed by atoms with van der Waals surface area (Å²) in [5.74, 6) is -0.291. The van der Waals surface area contributed by atoms with Crippen LogP contribution >= 0.6 is 11.6 Å². The third-order valence-electron chi connectivity index (χ3n) is 4.60. The number of rotatable bonds is 4. The van der Waals surface area contributed by atoms with Crippen molar-refractivity contribution >= 4 is 34.3 Å². The van der Waals surface area contributed by atoms with Gasteiger partial charge in [0, 0.05) is 23.5 Å². The molecule has 3 aromatic heterocycles. The molecule has 4 rings (SSSR count). The number of aryl methyl sites for hydroxylation is 2. The van der Waals surface area contributed by atoms with Crippen LogP contribution in [-0.4, -0.2) is 25.8 Å². The van der Waals surface area contributed by atoms with Crippen LogP contribution in [0.15, 0.2) is 41.1 Å². The molecule has 0 radical (unpaired) electrons. The lowest BCUT2D eigenvalue weighted by atomic mass is 10.1. The van der Waals surface area contributed by atoms with Crippen molar-refractivity contribution in [1.29, 1.82) is 0 Å². The summed E-state index contributed by atoms with van der Waals surface area (Å²) in [6.45, 7) is 6.37. The average molecular weight is 396 g/mol. The Bertz CT molecular complexity index is 1190. The number of aromatic nitrogens is 4. The molecule has 0 saturated carbocycles. The highest BCUT2D eigenvalue weighted by Gasteiger charge is 2.21. The number of nitrogens with zero attached hydrogens (tertiary/aromatic N) is 4. The zero-order chi connectivity index (χ0) is 19.8. The van der Waals surface area contributed by atoms with Crippen molar-refractivity contribution in [1.82, 2.24) is 19.9 Å². The molecule has 1 amide bonds. The maximum Gasteiger partial charge on any atom is 0.259 e. The Kier molecular flexibility index (Phi) is 4.60. The molecule has 0 fully saturated rings. The van der Waals surface area contributed by atoms with Crippen LogP contribution in [0.25, 0.3) is 22.5 Å². The minimum absolute atomic E-state index is 0.291. The molecule has 0 bridgehead atoms. The number of amides is 1. The molecule has 142 valence electrons. The number of nitrogens with one attached hydrogen (secondary N) is 1. The third-order valence-corrected chi connectivity index (χ3v) is 5.01. The van der Waals surface area contributed by atoms with Crippen molar-refractivity contribution in [2.24, 2.45) is 0 Å². The van der Waals surface area contributed by atoms with Crippen LogP contribution in [0.1, 0.15) is 28.5 Å². The first-order chi connectivity index (χ1) is 13.5. The second-order valence-corrected chi connectivity index (χ2v) is 6.83. The predicted molar refractivity (Wildman–Crippen MR) is 108 cm³/mol. The van der Waals surface area contributed by atoms with Gasteiger partial charge in [0.2, 0.25) is 0 Å². The fourth-order valence-electron chi connectivity index (χ4n) is 3.01. The first kappa shape index (κ1) is 18.2. The van der Waals surface area contributed by atoms with Gasteiger partial charge in [-0.05, 0) is 50.6 Å². The van der Waals surface area contributed by atoms with Gasteiger partial charge in [-0.15, -0.1) is 0 Å². The standard InChI is InChI=1S/C20H18ClN5O2/c1-4-26-9-8-16(24-26)17-10-13(18-12(3)25-28-20(18)23-17)19(27)22-15-7-5-6-14(21)11(15)2/h5-10H,4H2,1-3H3,(H,22,27). The number of halogens is 1. The fourth-order valence-corrected chi connectivity index (χ4v) is 3.19. The number of pyridine rings is 1. The zero-order valence-electron chi connectivity index (χ0n) is 15.7. The van der Waals surface area contributed by atoms with E-state index in [0.29, 0.717) is 44.5 Å². The molecular weight excluding hydrogens is 378 g/mol. The van der Waals surface area contributed by atoms with Crippen molar-refractivity contribution in [3.63, 3.8) is 0 Å². The molecule has 0 aliphatic heterocycles. The second kappa shape index (κ2) is 7.09. The summed E-state index contributed by atoms with van der Waals surface area (Å²) >= 11 is 6.17. The van der Waals surface area contributed by atoms with Gasteiger partial charge in [0.05, 0.1) is 22.3 Å². The first-order valence-electron chi connectivity index (χ1n) is 8.85. The van der Waals surface area contributed by atoms with Gasteiger partial charge in [-0.2, -0.15) is 5.10 Å². The minimum Gasteiger partial charge on any atom is -0.335 e. The van der Waals surface area contributed by atoms with E-state index in [1.165, 1.54) is 0 Å². The first-order valence-corrected chi connectivity index (χ1v) is 9.23. The summed E-state index contributed by atoms with van der Waals surface area (Å²) in [5.41, 5.74) is 3.97. The van der Waals surface area contributed by atoms with Crippen molar-refractivity contribution in [3.05, 3.63) is 58.4 Å². The Morgan fingerprint density at radius 2 is 2.07 bits per heavy atom. The van der Waals surface area contributed by atoms with Gasteiger partial charge in [0.25, 0.3) is 11.6 Å². The molecule has 0 aliphatic rings. The summed E-state index contributed by atoms with van der Waals surface area (Å²) in [4.78, 5) is 17.6. The van der Waals surface area contributed by atoms with Gasteiger partial charge < -0.3 is 9.84 Å². The number of fused-ring (bicyclic) bond motifs is 1. The van der Waals surface area contributed by atoms with E-state index in [9.17, 15) is 4.79 Å². The van der Waals surface area contributed by atoms with Crippen molar-refractivity contribution in [2.75, 3.05) is 5.32 Å². The number of benzene rings is 1. The molecule has 1 aromatic carbocycles. The predicted octanol–water partition coefficient (Wildman–Crippen LogP) is 4.63. The number of carbonyl (C=O) groups excluding carboxylic acids is 1. The Balaban J connectivity index is 1.81. The number of carbonyl (C=O) groups is 1. The number of hydrogen-bond donors (Lipinski definition) is 1. The summed E-state index contributed by atoms with van der Waals surface area (Å²) in [5, 5.41) is 12.5. The molecule has 0 atom stereocenters. The highest BCUT2D eigenvalue weighted by atomic mass is 35.5. The number of anilines is 1. The molecule has 8 heteroatoms. The van der Waals surface area contributed by atoms with E-state index in [-0.39, 0.29) is 5.91 Å². The highest BCUT2D eigenvalue weighted by molar-refractivity contribution is 6.31. The van der Waals surface area contributed by atoms with Crippen molar-refractivity contribution in [2.45, 2.75) is 27.3 Å². The van der Waals surface area contributed by atoms with Gasteiger partial charge >= 0.3 is 0 Å². The lowest BCUT2D eigenvalue weighted by molar-refractivity contribution is 0.102. The fraction of sp³-hybridized carbons (Fsp3) is 0.200. The van der Waals surface area contributed by atoms with Gasteiger partial charge in [0.1, 0.15) is 5.69 Å². The lowest BCUT2D eigenvalue weighted by Gasteiger charge is -2.10. The van der Waals surface area contributed by atoms with Crippen LogP contribution in [0.3, 0.4) is 0 Å². The van der Waals surface area contributed by atoms with Crippen LogP contribution in [0.5, 0.6) is 0 Å². The second-order valence-electron chi connectivity index (χ2n) is 6.43. The molecule has 4 aromatic rings. The zero-order valence-corrected chi connectivity index (χ0v) is 16.4. The summed E-state index contributed by atoms with van der Waals surface area (Å²) in [6, 6.07) is 8.94. The van der Waals surface area contributed by atoms with Gasteiger partial charge in [-0.25, -0.2) is 4.98 Å². The van der Waals surface area contributed by atoms with Crippen LogP contribution in [-0.2, 0) is 6.54 Å². The molecule has 1 N–H and O–H groups in total. The van der Waals surface area contributed by atoms with Crippen LogP contribution in [0.4, 0.5) is 5.69 Å². The van der Waals surface area contributed by atoms with E-state index < -0.39 is 0 Å². The smallest absolute Gasteiger partial charge is 0.259 e.